The smallest absolute Gasteiger partial charge is 0.124 e. The van der Waals surface area contributed by atoms with Crippen molar-refractivity contribution in [1.82, 2.24) is 4.98 Å². The van der Waals surface area contributed by atoms with Gasteiger partial charge in [-0.3, -0.25) is 10.4 Å². The van der Waals surface area contributed by atoms with E-state index in [1.165, 1.54) is 0 Å². The Balaban J connectivity index is 0.000000810. The molecule has 3 nitrogen and oxygen atoms in total. The number of rotatable bonds is 1. The van der Waals surface area contributed by atoms with Crippen LogP contribution in [0.4, 0.5) is 0 Å². The van der Waals surface area contributed by atoms with Crippen LogP contribution in [0.1, 0.15) is 5.56 Å². The molecule has 0 aliphatic rings. The number of hydrogen-bond acceptors (Lipinski definition) is 2. The molecule has 1 aromatic rings. The number of amidine groups is 1. The van der Waals surface area contributed by atoms with Crippen LogP contribution < -0.4 is 5.73 Å². The van der Waals surface area contributed by atoms with Gasteiger partial charge in [-0.2, -0.15) is 0 Å². The van der Waals surface area contributed by atoms with Gasteiger partial charge in [-0.05, 0) is 12.1 Å². The number of nitrogens with zero attached hydrogens (tertiary/aromatic N) is 1. The summed E-state index contributed by atoms with van der Waals surface area (Å²) in [6.07, 6.45) is 3.20. The van der Waals surface area contributed by atoms with Crippen LogP contribution in [0.2, 0.25) is 0 Å². The van der Waals surface area contributed by atoms with Crippen molar-refractivity contribution in [2.24, 2.45) is 5.73 Å². The highest BCUT2D eigenvalue weighted by molar-refractivity contribution is 5.94. The second-order valence-corrected chi connectivity index (χ2v) is 1.66. The molecule has 0 bridgehead atoms. The second-order valence-electron chi connectivity index (χ2n) is 1.66. The lowest BCUT2D eigenvalue weighted by Gasteiger charge is -1.92. The molecule has 0 spiro atoms. The van der Waals surface area contributed by atoms with Gasteiger partial charge in [0.15, 0.2) is 0 Å². The monoisotopic (exact) mass is 157 g/mol. The van der Waals surface area contributed by atoms with Gasteiger partial charge in [0.05, 0.1) is 0 Å². The van der Waals surface area contributed by atoms with Crippen LogP contribution in [0.25, 0.3) is 0 Å². The van der Waals surface area contributed by atoms with Crippen molar-refractivity contribution in [2.45, 2.75) is 0 Å². The Morgan fingerprint density at radius 2 is 2.30 bits per heavy atom. The fraction of sp³-hybridized carbons (Fsp3) is 0. The maximum atomic E-state index is 6.97. The largest absolute Gasteiger partial charge is 0.384 e. The number of aromatic nitrogens is 1. The summed E-state index contributed by atoms with van der Waals surface area (Å²) in [5.41, 5.74) is 5.82. The summed E-state index contributed by atoms with van der Waals surface area (Å²) < 4.78 is 0. The highest BCUT2D eigenvalue weighted by atomic mass is 35.5. The Bertz CT molecular complexity index is 209. The molecule has 0 atom stereocenters. The van der Waals surface area contributed by atoms with E-state index in [1.807, 2.05) is 0 Å². The molecule has 1 aromatic heterocycles. The minimum Gasteiger partial charge on any atom is -0.384 e. The lowest BCUT2D eigenvalue weighted by atomic mass is 10.3. The van der Waals surface area contributed by atoms with E-state index in [2.05, 4.69) is 4.98 Å². The van der Waals surface area contributed by atoms with E-state index in [1.54, 1.807) is 24.5 Å². The first-order chi connectivity index (χ1) is 4.30. The Morgan fingerprint density at radius 3 is 2.60 bits per heavy atom. The Hall–Kier alpha value is -1.09. The molecule has 1 rings (SSSR count). The van der Waals surface area contributed by atoms with Crippen molar-refractivity contribution < 1.29 is 0 Å². The Kier molecular flexibility index (Phi) is 3.43. The number of pyridine rings is 1. The average molecular weight is 158 g/mol. The van der Waals surface area contributed by atoms with Gasteiger partial charge in [-0.1, -0.05) is 0 Å². The molecule has 0 aromatic carbocycles. The van der Waals surface area contributed by atoms with Crippen molar-refractivity contribution in [3.8, 4) is 0 Å². The van der Waals surface area contributed by atoms with E-state index in [9.17, 15) is 0 Å². The van der Waals surface area contributed by atoms with Crippen LogP contribution in [0.5, 0.6) is 0 Å². The van der Waals surface area contributed by atoms with Gasteiger partial charge in [0, 0.05) is 18.0 Å². The molecule has 0 saturated carbocycles. The Morgan fingerprint density at radius 1 is 1.60 bits per heavy atom. The first-order valence-corrected chi connectivity index (χ1v) is 2.55. The summed E-state index contributed by atoms with van der Waals surface area (Å²) >= 11 is 0. The summed E-state index contributed by atoms with van der Waals surface area (Å²) in [6.45, 7) is 0. The van der Waals surface area contributed by atoms with Crippen molar-refractivity contribution >= 4 is 18.2 Å². The van der Waals surface area contributed by atoms with Crippen LogP contribution in [0, 0.1) is 5.41 Å². The molecule has 3 N–H and O–H groups in total. The molecule has 0 unspecified atom stereocenters. The molecule has 0 fully saturated rings. The quantitative estimate of drug-likeness (QED) is 0.468. The van der Waals surface area contributed by atoms with E-state index in [0.29, 0.717) is 5.56 Å². The van der Waals surface area contributed by atoms with E-state index >= 15 is 0 Å². The van der Waals surface area contributed by atoms with Gasteiger partial charge in [0.25, 0.3) is 0 Å². The summed E-state index contributed by atoms with van der Waals surface area (Å²) in [5, 5.41) is 6.97. The number of hydrogen-bond donors (Lipinski definition) is 2. The van der Waals surface area contributed by atoms with E-state index in [0.717, 1.165) is 0 Å². The predicted octanol–water partition coefficient (Wildman–Crippen LogP) is 0.787. The van der Waals surface area contributed by atoms with Crippen LogP contribution in [-0.2, 0) is 0 Å². The third-order valence-electron chi connectivity index (χ3n) is 0.973. The minimum atomic E-state index is 0. The molecular weight excluding hydrogens is 150 g/mol. The number of nitrogens with two attached hydrogens (primary N) is 1. The van der Waals surface area contributed by atoms with Gasteiger partial charge in [0.1, 0.15) is 5.84 Å². The average Bonchev–Trinajstić information content (AvgIpc) is 1.90. The lowest BCUT2D eigenvalue weighted by Crippen LogP contribution is -2.10. The third-order valence-corrected chi connectivity index (χ3v) is 0.973. The molecule has 0 aliphatic carbocycles. The van der Waals surface area contributed by atoms with Gasteiger partial charge in [-0.15, -0.1) is 12.4 Å². The summed E-state index contributed by atoms with van der Waals surface area (Å²) in [6, 6.07) is 3.49. The van der Waals surface area contributed by atoms with Crippen molar-refractivity contribution in [1.29, 1.82) is 5.41 Å². The summed E-state index contributed by atoms with van der Waals surface area (Å²) in [7, 11) is 0. The van der Waals surface area contributed by atoms with E-state index in [-0.39, 0.29) is 18.2 Å². The van der Waals surface area contributed by atoms with Crippen molar-refractivity contribution in [2.75, 3.05) is 0 Å². The molecule has 1 heterocycles. The summed E-state index contributed by atoms with van der Waals surface area (Å²) in [5.74, 6) is 0.0584. The van der Waals surface area contributed by atoms with Gasteiger partial charge in [-0.25, -0.2) is 0 Å². The van der Waals surface area contributed by atoms with Crippen LogP contribution in [0.15, 0.2) is 24.5 Å². The molecule has 0 amide bonds. The van der Waals surface area contributed by atoms with Crippen molar-refractivity contribution in [3.05, 3.63) is 30.1 Å². The first kappa shape index (κ1) is 8.91. The van der Waals surface area contributed by atoms with E-state index in [4.69, 9.17) is 11.1 Å². The molecule has 10 heavy (non-hydrogen) atoms. The fourth-order valence-electron chi connectivity index (χ4n) is 0.522. The highest BCUT2D eigenvalue weighted by Crippen LogP contribution is 1.91. The number of nitrogens with one attached hydrogen (secondary N) is 1. The van der Waals surface area contributed by atoms with Gasteiger partial charge >= 0.3 is 0 Å². The molecule has 0 radical (unpaired) electrons. The summed E-state index contributed by atoms with van der Waals surface area (Å²) in [4.78, 5) is 3.79. The van der Waals surface area contributed by atoms with E-state index < -0.39 is 0 Å². The van der Waals surface area contributed by atoms with Gasteiger partial charge in [0.2, 0.25) is 0 Å². The number of nitrogen functional groups attached to an aromatic ring is 1. The molecule has 0 aliphatic heterocycles. The zero-order valence-corrected chi connectivity index (χ0v) is 6.06. The normalized spacial score (nSPS) is 8.00. The third kappa shape index (κ3) is 2.03. The number of halogens is 1. The zero-order chi connectivity index (χ0) is 6.69. The standard InChI is InChI=1S/C6H7N3.ClH/c7-6(8)5-2-1-3-9-4-5;/h1-4H,(H3,7,8);1H. The first-order valence-electron chi connectivity index (χ1n) is 2.55. The van der Waals surface area contributed by atoms with Gasteiger partial charge < -0.3 is 5.73 Å². The van der Waals surface area contributed by atoms with Crippen LogP contribution in [-0.4, -0.2) is 10.8 Å². The van der Waals surface area contributed by atoms with Crippen molar-refractivity contribution in [3.63, 3.8) is 0 Å². The lowest BCUT2D eigenvalue weighted by molar-refractivity contribution is 1.30. The molecule has 0 saturated heterocycles. The topological polar surface area (TPSA) is 62.8 Å². The predicted molar refractivity (Wildman–Crippen MR) is 42.5 cm³/mol. The molecular formula is C6H8ClN3. The Labute approximate surface area is 65.2 Å². The zero-order valence-electron chi connectivity index (χ0n) is 5.24. The second kappa shape index (κ2) is 3.85. The fourth-order valence-corrected chi connectivity index (χ4v) is 0.522. The van der Waals surface area contributed by atoms with Crippen LogP contribution >= 0.6 is 12.4 Å². The molecule has 54 valence electrons. The highest BCUT2D eigenvalue weighted by Gasteiger charge is 1.90. The van der Waals surface area contributed by atoms with Crippen LogP contribution in [0.3, 0.4) is 0 Å². The SMILES string of the molecule is Cl.N=C(N)c1cccnc1. The molecule has 4 heteroatoms. The minimum absolute atomic E-state index is 0. The maximum Gasteiger partial charge on any atom is 0.124 e. The maximum absolute atomic E-state index is 6.97.